The summed E-state index contributed by atoms with van der Waals surface area (Å²) >= 11 is 0. The molecular formula is C22H31N3. The summed E-state index contributed by atoms with van der Waals surface area (Å²) in [6, 6.07) is 20.7. The van der Waals surface area contributed by atoms with Crippen LogP contribution in [0.1, 0.15) is 33.3 Å². The predicted octanol–water partition coefficient (Wildman–Crippen LogP) is 4.59. The van der Waals surface area contributed by atoms with Crippen LogP contribution in [0.5, 0.6) is 0 Å². The third kappa shape index (κ3) is 4.16. The van der Waals surface area contributed by atoms with Gasteiger partial charge in [-0.25, -0.2) is 0 Å². The smallest absolute Gasteiger partial charge is 0.0908 e. The number of anilines is 2. The standard InChI is InChI=1S/C22H31N3/c1-18(2)25(19(3)4)15-14-23-17-24(16-20-10-6-5-7-11-20)22-13-9-8-12-21(22)23/h5-13,18-19H,14-17H2,1-4H3. The van der Waals surface area contributed by atoms with Gasteiger partial charge in [-0.1, -0.05) is 42.5 Å². The van der Waals surface area contributed by atoms with E-state index in [9.17, 15) is 0 Å². The molecule has 1 aliphatic heterocycles. The molecular weight excluding hydrogens is 306 g/mol. The van der Waals surface area contributed by atoms with Gasteiger partial charge in [-0.2, -0.15) is 0 Å². The second kappa shape index (κ2) is 7.92. The first kappa shape index (κ1) is 17.8. The molecule has 2 aromatic rings. The number of nitrogens with zero attached hydrogens (tertiary/aromatic N) is 3. The van der Waals surface area contributed by atoms with Crippen LogP contribution in [0.25, 0.3) is 0 Å². The Morgan fingerprint density at radius 1 is 0.800 bits per heavy atom. The second-order valence-electron chi connectivity index (χ2n) is 7.50. The zero-order chi connectivity index (χ0) is 17.8. The summed E-state index contributed by atoms with van der Waals surface area (Å²) in [6.07, 6.45) is 0. The van der Waals surface area contributed by atoms with Gasteiger partial charge in [0.2, 0.25) is 0 Å². The molecule has 0 aliphatic carbocycles. The minimum absolute atomic E-state index is 0.582. The molecule has 1 heterocycles. The molecule has 0 unspecified atom stereocenters. The predicted molar refractivity (Wildman–Crippen MR) is 108 cm³/mol. The SMILES string of the molecule is CC(C)N(CCN1CN(Cc2ccccc2)c2ccccc21)C(C)C. The summed E-state index contributed by atoms with van der Waals surface area (Å²) in [5.74, 6) is 0. The van der Waals surface area contributed by atoms with Crippen LogP contribution in [0.4, 0.5) is 11.4 Å². The topological polar surface area (TPSA) is 9.72 Å². The highest BCUT2D eigenvalue weighted by atomic mass is 15.4. The molecule has 0 spiro atoms. The Morgan fingerprint density at radius 3 is 1.96 bits per heavy atom. The van der Waals surface area contributed by atoms with Crippen molar-refractivity contribution in [3.8, 4) is 0 Å². The molecule has 3 heteroatoms. The average Bonchev–Trinajstić information content (AvgIpc) is 2.93. The van der Waals surface area contributed by atoms with Crippen molar-refractivity contribution in [2.45, 2.75) is 46.3 Å². The zero-order valence-corrected chi connectivity index (χ0v) is 16.0. The largest absolute Gasteiger partial charge is 0.351 e. The first-order valence-electron chi connectivity index (χ1n) is 9.45. The molecule has 3 nitrogen and oxygen atoms in total. The molecule has 3 rings (SSSR count). The van der Waals surface area contributed by atoms with Gasteiger partial charge in [-0.05, 0) is 45.4 Å². The first-order chi connectivity index (χ1) is 12.1. The highest BCUT2D eigenvalue weighted by molar-refractivity contribution is 5.76. The van der Waals surface area contributed by atoms with Gasteiger partial charge in [-0.15, -0.1) is 0 Å². The van der Waals surface area contributed by atoms with Crippen molar-refractivity contribution in [2.24, 2.45) is 0 Å². The number of para-hydroxylation sites is 2. The van der Waals surface area contributed by atoms with Crippen molar-refractivity contribution >= 4 is 11.4 Å². The van der Waals surface area contributed by atoms with E-state index in [2.05, 4.69) is 97.0 Å². The van der Waals surface area contributed by atoms with E-state index in [1.54, 1.807) is 0 Å². The van der Waals surface area contributed by atoms with E-state index in [4.69, 9.17) is 0 Å². The van der Waals surface area contributed by atoms with Crippen LogP contribution in [0.3, 0.4) is 0 Å². The quantitative estimate of drug-likeness (QED) is 0.732. The Morgan fingerprint density at radius 2 is 1.36 bits per heavy atom. The van der Waals surface area contributed by atoms with Crippen LogP contribution >= 0.6 is 0 Å². The number of hydrogen-bond acceptors (Lipinski definition) is 3. The number of benzene rings is 2. The number of hydrogen-bond donors (Lipinski definition) is 0. The lowest BCUT2D eigenvalue weighted by atomic mass is 10.2. The van der Waals surface area contributed by atoms with Crippen LogP contribution in [0.2, 0.25) is 0 Å². The van der Waals surface area contributed by atoms with Crippen LogP contribution in [-0.2, 0) is 6.54 Å². The molecule has 0 atom stereocenters. The summed E-state index contributed by atoms with van der Waals surface area (Å²) in [5, 5.41) is 0. The maximum atomic E-state index is 2.57. The van der Waals surface area contributed by atoms with Crippen LogP contribution in [0.15, 0.2) is 54.6 Å². The summed E-state index contributed by atoms with van der Waals surface area (Å²) in [6.45, 7) is 13.3. The molecule has 134 valence electrons. The van der Waals surface area contributed by atoms with E-state index in [1.807, 2.05) is 0 Å². The minimum Gasteiger partial charge on any atom is -0.351 e. The summed E-state index contributed by atoms with van der Waals surface area (Å²) in [7, 11) is 0. The van der Waals surface area contributed by atoms with Gasteiger partial charge < -0.3 is 9.80 Å². The minimum atomic E-state index is 0.582. The fourth-order valence-electron chi connectivity index (χ4n) is 3.84. The lowest BCUT2D eigenvalue weighted by molar-refractivity contribution is 0.179. The molecule has 2 aromatic carbocycles. The van der Waals surface area contributed by atoms with Gasteiger partial charge in [-0.3, -0.25) is 4.90 Å². The molecule has 25 heavy (non-hydrogen) atoms. The Kier molecular flexibility index (Phi) is 5.64. The third-order valence-corrected chi connectivity index (χ3v) is 5.08. The van der Waals surface area contributed by atoms with Crippen molar-refractivity contribution < 1.29 is 0 Å². The Labute approximate surface area is 152 Å². The Balaban J connectivity index is 1.72. The van der Waals surface area contributed by atoms with Crippen molar-refractivity contribution in [3.05, 3.63) is 60.2 Å². The molecule has 0 bridgehead atoms. The molecule has 0 N–H and O–H groups in total. The fourth-order valence-corrected chi connectivity index (χ4v) is 3.84. The van der Waals surface area contributed by atoms with E-state index in [-0.39, 0.29) is 0 Å². The Bertz CT molecular complexity index is 658. The van der Waals surface area contributed by atoms with E-state index >= 15 is 0 Å². The van der Waals surface area contributed by atoms with E-state index < -0.39 is 0 Å². The monoisotopic (exact) mass is 337 g/mol. The highest BCUT2D eigenvalue weighted by Crippen LogP contribution is 2.36. The van der Waals surface area contributed by atoms with Gasteiger partial charge in [0.1, 0.15) is 0 Å². The van der Waals surface area contributed by atoms with Crippen molar-refractivity contribution in [1.82, 2.24) is 4.90 Å². The fraction of sp³-hybridized carbons (Fsp3) is 0.455. The van der Waals surface area contributed by atoms with Crippen LogP contribution in [0, 0.1) is 0 Å². The molecule has 1 aliphatic rings. The summed E-state index contributed by atoms with van der Waals surface area (Å²) in [4.78, 5) is 7.58. The number of rotatable bonds is 7. The summed E-state index contributed by atoms with van der Waals surface area (Å²) in [5.41, 5.74) is 4.09. The van der Waals surface area contributed by atoms with Crippen LogP contribution < -0.4 is 9.80 Å². The molecule has 0 fully saturated rings. The van der Waals surface area contributed by atoms with Crippen LogP contribution in [-0.4, -0.2) is 36.7 Å². The lowest BCUT2D eigenvalue weighted by Gasteiger charge is -2.32. The first-order valence-corrected chi connectivity index (χ1v) is 9.45. The zero-order valence-electron chi connectivity index (χ0n) is 16.0. The molecule has 0 aromatic heterocycles. The van der Waals surface area contributed by atoms with Crippen molar-refractivity contribution in [3.63, 3.8) is 0 Å². The van der Waals surface area contributed by atoms with Gasteiger partial charge in [0.05, 0.1) is 18.0 Å². The van der Waals surface area contributed by atoms with Crippen molar-refractivity contribution in [1.29, 1.82) is 0 Å². The molecule has 0 amide bonds. The normalized spacial score (nSPS) is 14.0. The van der Waals surface area contributed by atoms with E-state index in [0.717, 1.165) is 26.3 Å². The molecule has 0 saturated carbocycles. The molecule has 0 radical (unpaired) electrons. The van der Waals surface area contributed by atoms with Gasteiger partial charge >= 0.3 is 0 Å². The highest BCUT2D eigenvalue weighted by Gasteiger charge is 2.26. The van der Waals surface area contributed by atoms with Gasteiger partial charge in [0.25, 0.3) is 0 Å². The average molecular weight is 338 g/mol. The van der Waals surface area contributed by atoms with E-state index in [0.29, 0.717) is 12.1 Å². The second-order valence-corrected chi connectivity index (χ2v) is 7.50. The third-order valence-electron chi connectivity index (χ3n) is 5.08. The van der Waals surface area contributed by atoms with E-state index in [1.165, 1.54) is 16.9 Å². The summed E-state index contributed by atoms with van der Waals surface area (Å²) < 4.78 is 0. The van der Waals surface area contributed by atoms with Gasteiger partial charge in [0, 0.05) is 31.7 Å². The lowest BCUT2D eigenvalue weighted by Crippen LogP contribution is -2.43. The maximum Gasteiger partial charge on any atom is 0.0908 e. The van der Waals surface area contributed by atoms with Gasteiger partial charge in [0.15, 0.2) is 0 Å². The number of fused-ring (bicyclic) bond motifs is 1. The van der Waals surface area contributed by atoms with Crippen molar-refractivity contribution in [2.75, 3.05) is 29.6 Å². The maximum absolute atomic E-state index is 2.57. The molecule has 0 saturated heterocycles. The Hall–Kier alpha value is -2.00.